The Kier molecular flexibility index (Phi) is 3.10. The summed E-state index contributed by atoms with van der Waals surface area (Å²) in [6.45, 7) is 1.38. The molecule has 1 saturated carbocycles. The first kappa shape index (κ1) is 15.6. The number of rotatable bonds is 1. The van der Waals surface area contributed by atoms with Crippen LogP contribution >= 0.6 is 46.4 Å². The summed E-state index contributed by atoms with van der Waals surface area (Å²) in [6.07, 6.45) is 3.67. The lowest BCUT2D eigenvalue weighted by Crippen LogP contribution is -2.51. The van der Waals surface area contributed by atoms with Crippen LogP contribution in [0, 0.1) is 0 Å². The van der Waals surface area contributed by atoms with Crippen LogP contribution in [0.25, 0.3) is 0 Å². The maximum Gasteiger partial charge on any atom is 0.241 e. The lowest BCUT2D eigenvalue weighted by molar-refractivity contribution is -0.147. The third kappa shape index (κ3) is 1.60. The fraction of sp³-hybridized carbons (Fsp3) is 0.333. The zero-order chi connectivity index (χ0) is 16.6. The van der Waals surface area contributed by atoms with Gasteiger partial charge in [0.1, 0.15) is 6.04 Å². The first-order chi connectivity index (χ1) is 10.8. The number of hydrogen-bond acceptors (Lipinski definition) is 3. The first-order valence-corrected chi connectivity index (χ1v) is 8.46. The number of hydrazone groups is 1. The van der Waals surface area contributed by atoms with Gasteiger partial charge in [-0.15, -0.1) is 11.6 Å². The first-order valence-electron chi connectivity index (χ1n) is 6.94. The second kappa shape index (κ2) is 4.57. The van der Waals surface area contributed by atoms with E-state index >= 15 is 0 Å². The molecule has 0 radical (unpaired) electrons. The number of fused-ring (bicyclic) bond motifs is 3. The van der Waals surface area contributed by atoms with Crippen molar-refractivity contribution in [2.45, 2.75) is 27.2 Å². The Morgan fingerprint density at radius 2 is 1.83 bits per heavy atom. The van der Waals surface area contributed by atoms with Gasteiger partial charge in [0.25, 0.3) is 0 Å². The fourth-order valence-corrected chi connectivity index (χ4v) is 5.41. The smallest absolute Gasteiger partial charge is 0.241 e. The molecule has 1 aromatic carbocycles. The average Bonchev–Trinajstić information content (AvgIpc) is 2.76. The van der Waals surface area contributed by atoms with Crippen LogP contribution < -0.4 is 0 Å². The molecular formula is C15H11Cl4N3O. The molecule has 4 nitrogen and oxygen atoms in total. The molecule has 1 saturated heterocycles. The van der Waals surface area contributed by atoms with Crippen molar-refractivity contribution in [1.82, 2.24) is 10.1 Å². The molecule has 2 aliphatic heterocycles. The zero-order valence-corrected chi connectivity index (χ0v) is 14.9. The number of carbonyl (C=O) groups excluding carboxylic acids is 1. The third-order valence-corrected chi connectivity index (χ3v) is 7.61. The van der Waals surface area contributed by atoms with Crippen molar-refractivity contribution >= 4 is 58.0 Å². The standard InChI is InChI=1S/C15H11Cl4N3O/c1-9(23)21-15(19)13(16,14(15,17)18)12-8-7-11(20-22(12)21)10-5-3-2-4-6-10/h2-8,12H,1H3/t12-,13-,15+/m1/s1. The maximum absolute atomic E-state index is 12.1. The van der Waals surface area contributed by atoms with Gasteiger partial charge in [-0.25, -0.2) is 5.01 Å². The predicted molar refractivity (Wildman–Crippen MR) is 91.9 cm³/mol. The second-order valence-corrected chi connectivity index (χ2v) is 8.19. The Morgan fingerprint density at radius 1 is 1.17 bits per heavy atom. The van der Waals surface area contributed by atoms with Crippen molar-refractivity contribution in [3.05, 3.63) is 48.0 Å². The quantitative estimate of drug-likeness (QED) is 0.543. The number of hydrazine groups is 1. The van der Waals surface area contributed by atoms with E-state index in [1.54, 1.807) is 0 Å². The van der Waals surface area contributed by atoms with Gasteiger partial charge in [0.2, 0.25) is 5.91 Å². The summed E-state index contributed by atoms with van der Waals surface area (Å²) in [5.74, 6) is -0.331. The van der Waals surface area contributed by atoms with E-state index in [1.165, 1.54) is 17.1 Å². The largest absolute Gasteiger partial charge is 0.273 e. The Hall–Kier alpha value is -0.940. The average molecular weight is 391 g/mol. The number of hydrogen-bond donors (Lipinski definition) is 0. The highest BCUT2D eigenvalue weighted by atomic mass is 35.5. The summed E-state index contributed by atoms with van der Waals surface area (Å²) in [6, 6.07) is 9.10. The van der Waals surface area contributed by atoms with E-state index in [2.05, 4.69) is 5.10 Å². The Morgan fingerprint density at radius 3 is 2.43 bits per heavy atom. The number of nitrogens with zero attached hydrogens (tertiary/aromatic N) is 3. The Labute approximate surface area is 153 Å². The van der Waals surface area contributed by atoms with E-state index in [-0.39, 0.29) is 5.91 Å². The minimum Gasteiger partial charge on any atom is -0.273 e. The van der Waals surface area contributed by atoms with Gasteiger partial charge in [0.05, 0.1) is 5.71 Å². The molecule has 0 N–H and O–H groups in total. The zero-order valence-electron chi connectivity index (χ0n) is 11.9. The Bertz CT molecular complexity index is 765. The van der Waals surface area contributed by atoms with Crippen molar-refractivity contribution in [2.75, 3.05) is 0 Å². The molecule has 0 spiro atoms. The van der Waals surface area contributed by atoms with Gasteiger partial charge < -0.3 is 0 Å². The van der Waals surface area contributed by atoms with Crippen molar-refractivity contribution in [3.63, 3.8) is 0 Å². The monoisotopic (exact) mass is 389 g/mol. The van der Waals surface area contributed by atoms with Crippen molar-refractivity contribution in [2.24, 2.45) is 5.10 Å². The molecule has 3 atom stereocenters. The van der Waals surface area contributed by atoms with Gasteiger partial charge in [-0.2, -0.15) is 10.2 Å². The molecule has 2 heterocycles. The Balaban J connectivity index is 1.81. The highest BCUT2D eigenvalue weighted by molar-refractivity contribution is 6.66. The van der Waals surface area contributed by atoms with E-state index in [0.717, 1.165) is 5.56 Å². The lowest BCUT2D eigenvalue weighted by Gasteiger charge is -2.37. The van der Waals surface area contributed by atoms with Gasteiger partial charge in [-0.05, 0) is 6.08 Å². The van der Waals surface area contributed by atoms with Crippen LogP contribution in [-0.4, -0.2) is 42.0 Å². The summed E-state index contributed by atoms with van der Waals surface area (Å²) in [5, 5.41) is 7.26. The summed E-state index contributed by atoms with van der Waals surface area (Å²) in [4.78, 5) is 9.49. The minimum atomic E-state index is -1.46. The van der Waals surface area contributed by atoms with Gasteiger partial charge in [0, 0.05) is 12.5 Å². The number of carbonyl (C=O) groups is 1. The molecular weight excluding hydrogens is 380 g/mol. The normalized spacial score (nSPS) is 36.4. The SMILES string of the molecule is CC(=O)N1N2N=C(c3ccccc3)C=C[C@@H]2[C@@]2(Cl)C(Cl)(Cl)[C@@]12Cl. The van der Waals surface area contributed by atoms with E-state index in [4.69, 9.17) is 46.4 Å². The van der Waals surface area contributed by atoms with Crippen molar-refractivity contribution < 1.29 is 4.79 Å². The van der Waals surface area contributed by atoms with Crippen LogP contribution in [0.15, 0.2) is 47.6 Å². The molecule has 23 heavy (non-hydrogen) atoms. The number of halogens is 4. The van der Waals surface area contributed by atoms with Gasteiger partial charge in [-0.3, -0.25) is 4.79 Å². The van der Waals surface area contributed by atoms with Crippen LogP contribution in [0.3, 0.4) is 0 Å². The summed E-state index contributed by atoms with van der Waals surface area (Å²) >= 11 is 25.8. The van der Waals surface area contributed by atoms with Crippen LogP contribution in [-0.2, 0) is 4.79 Å². The maximum atomic E-state index is 12.1. The number of amides is 1. The van der Waals surface area contributed by atoms with E-state index in [0.29, 0.717) is 5.71 Å². The molecule has 1 aromatic rings. The van der Waals surface area contributed by atoms with E-state index in [1.807, 2.05) is 42.5 Å². The van der Waals surface area contributed by atoms with Gasteiger partial charge in [-0.1, -0.05) is 71.2 Å². The van der Waals surface area contributed by atoms with Crippen LogP contribution in [0.5, 0.6) is 0 Å². The summed E-state index contributed by atoms with van der Waals surface area (Å²) < 4.78 is -1.46. The molecule has 1 aliphatic carbocycles. The summed E-state index contributed by atoms with van der Waals surface area (Å²) in [7, 11) is 0. The second-order valence-electron chi connectivity index (χ2n) is 5.71. The number of benzene rings is 1. The molecule has 8 heteroatoms. The predicted octanol–water partition coefficient (Wildman–Crippen LogP) is 3.51. The lowest BCUT2D eigenvalue weighted by atomic mass is 10.1. The number of alkyl halides is 4. The van der Waals surface area contributed by atoms with Crippen LogP contribution in [0.2, 0.25) is 0 Å². The fourth-order valence-electron chi connectivity index (χ4n) is 3.29. The van der Waals surface area contributed by atoms with Gasteiger partial charge in [0.15, 0.2) is 14.2 Å². The molecule has 0 bridgehead atoms. The third-order valence-electron chi connectivity index (χ3n) is 4.46. The minimum absolute atomic E-state index is 0.331. The topological polar surface area (TPSA) is 35.9 Å². The van der Waals surface area contributed by atoms with Gasteiger partial charge >= 0.3 is 0 Å². The molecule has 120 valence electrons. The van der Waals surface area contributed by atoms with E-state index < -0.39 is 20.2 Å². The van der Waals surface area contributed by atoms with Crippen LogP contribution in [0.4, 0.5) is 0 Å². The molecule has 0 unspecified atom stereocenters. The molecule has 2 fully saturated rings. The van der Waals surface area contributed by atoms with Crippen molar-refractivity contribution in [1.29, 1.82) is 0 Å². The molecule has 3 aliphatic rings. The molecule has 1 amide bonds. The van der Waals surface area contributed by atoms with Crippen molar-refractivity contribution in [3.8, 4) is 0 Å². The highest BCUT2D eigenvalue weighted by Crippen LogP contribution is 2.79. The highest BCUT2D eigenvalue weighted by Gasteiger charge is 2.97. The summed E-state index contributed by atoms with van der Waals surface area (Å²) in [5.41, 5.74) is 1.62. The molecule has 0 aromatic heterocycles. The van der Waals surface area contributed by atoms with Crippen LogP contribution in [0.1, 0.15) is 12.5 Å². The number of allylic oxidation sites excluding steroid dienone is 1. The van der Waals surface area contributed by atoms with E-state index in [9.17, 15) is 4.79 Å². The molecule has 4 rings (SSSR count).